The summed E-state index contributed by atoms with van der Waals surface area (Å²) in [6.45, 7) is 0. The summed E-state index contributed by atoms with van der Waals surface area (Å²) in [6, 6.07) is 7.33. The Bertz CT molecular complexity index is 640. The first kappa shape index (κ1) is 13.1. The Labute approximate surface area is 122 Å². The Hall–Kier alpha value is -1.94. The van der Waals surface area contributed by atoms with Gasteiger partial charge in [0, 0.05) is 23.3 Å². The number of nitrogens with zero attached hydrogens (tertiary/aromatic N) is 2. The second kappa shape index (κ2) is 5.59. The molecule has 0 spiro atoms. The molecule has 3 rings (SSSR count). The first-order chi connectivity index (χ1) is 9.72. The molecular formula is C15H14ClN3O. The predicted molar refractivity (Wildman–Crippen MR) is 78.7 cm³/mol. The predicted octanol–water partition coefficient (Wildman–Crippen LogP) is 3.78. The molecule has 102 valence electrons. The summed E-state index contributed by atoms with van der Waals surface area (Å²) in [5.41, 5.74) is 2.39. The fourth-order valence-electron chi connectivity index (χ4n) is 2.28. The standard InChI is InChI=1S/C15H14ClN3O/c16-10-5-7-11(8-6-10)18-15-17-9-12-13(19-15)3-1-2-4-14(12)20/h5-9H,1-4H2,(H,17,18,19). The lowest BCUT2D eigenvalue weighted by Gasteiger charge is -2.08. The van der Waals surface area contributed by atoms with Gasteiger partial charge in [-0.1, -0.05) is 11.6 Å². The number of rotatable bonds is 2. The molecule has 4 nitrogen and oxygen atoms in total. The molecule has 0 saturated heterocycles. The zero-order chi connectivity index (χ0) is 13.9. The summed E-state index contributed by atoms with van der Waals surface area (Å²) in [5.74, 6) is 0.663. The van der Waals surface area contributed by atoms with Gasteiger partial charge < -0.3 is 5.32 Å². The number of benzene rings is 1. The number of aryl methyl sites for hydroxylation is 1. The molecule has 1 aromatic carbocycles. The van der Waals surface area contributed by atoms with Crippen LogP contribution in [0.1, 0.15) is 35.3 Å². The molecule has 0 saturated carbocycles. The monoisotopic (exact) mass is 287 g/mol. The SMILES string of the molecule is O=C1CCCCc2nc(Nc3ccc(Cl)cc3)ncc21. The van der Waals surface area contributed by atoms with Gasteiger partial charge in [0.1, 0.15) is 0 Å². The first-order valence-corrected chi connectivity index (χ1v) is 7.02. The summed E-state index contributed by atoms with van der Waals surface area (Å²) >= 11 is 5.85. The molecular weight excluding hydrogens is 274 g/mol. The molecule has 0 atom stereocenters. The minimum Gasteiger partial charge on any atom is -0.324 e. The zero-order valence-corrected chi connectivity index (χ0v) is 11.7. The number of halogens is 1. The highest BCUT2D eigenvalue weighted by Gasteiger charge is 2.17. The van der Waals surface area contributed by atoms with Crippen molar-refractivity contribution in [1.82, 2.24) is 9.97 Å². The number of nitrogens with one attached hydrogen (secondary N) is 1. The van der Waals surface area contributed by atoms with Crippen LogP contribution in [0, 0.1) is 0 Å². The lowest BCUT2D eigenvalue weighted by atomic mass is 10.1. The van der Waals surface area contributed by atoms with Gasteiger partial charge in [0.15, 0.2) is 5.78 Å². The quantitative estimate of drug-likeness (QED) is 0.854. The van der Waals surface area contributed by atoms with Crippen LogP contribution in [0.3, 0.4) is 0 Å². The summed E-state index contributed by atoms with van der Waals surface area (Å²) < 4.78 is 0. The van der Waals surface area contributed by atoms with Gasteiger partial charge in [0.2, 0.25) is 5.95 Å². The van der Waals surface area contributed by atoms with E-state index in [0.717, 1.165) is 30.6 Å². The van der Waals surface area contributed by atoms with Crippen molar-refractivity contribution in [3.63, 3.8) is 0 Å². The normalized spacial score (nSPS) is 14.6. The van der Waals surface area contributed by atoms with Gasteiger partial charge in [-0.3, -0.25) is 4.79 Å². The topological polar surface area (TPSA) is 54.9 Å². The van der Waals surface area contributed by atoms with Crippen molar-refractivity contribution in [1.29, 1.82) is 0 Å². The van der Waals surface area contributed by atoms with Gasteiger partial charge in [-0.2, -0.15) is 0 Å². The molecule has 0 bridgehead atoms. The summed E-state index contributed by atoms with van der Waals surface area (Å²) in [6.07, 6.45) is 4.98. The van der Waals surface area contributed by atoms with Crippen molar-refractivity contribution < 1.29 is 4.79 Å². The van der Waals surface area contributed by atoms with E-state index >= 15 is 0 Å². The Balaban J connectivity index is 1.86. The maximum atomic E-state index is 11.9. The molecule has 1 N–H and O–H groups in total. The van der Waals surface area contributed by atoms with E-state index in [2.05, 4.69) is 15.3 Å². The molecule has 0 amide bonds. The van der Waals surface area contributed by atoms with E-state index in [4.69, 9.17) is 11.6 Å². The second-order valence-electron chi connectivity index (χ2n) is 4.82. The Morgan fingerprint density at radius 2 is 1.85 bits per heavy atom. The van der Waals surface area contributed by atoms with E-state index in [1.807, 2.05) is 12.1 Å². The fraction of sp³-hybridized carbons (Fsp3) is 0.267. The van der Waals surface area contributed by atoms with Gasteiger partial charge in [0.25, 0.3) is 0 Å². The number of aromatic nitrogens is 2. The van der Waals surface area contributed by atoms with Crippen LogP contribution in [0.25, 0.3) is 0 Å². The molecule has 5 heteroatoms. The molecule has 20 heavy (non-hydrogen) atoms. The molecule has 1 aliphatic rings. The fourth-order valence-corrected chi connectivity index (χ4v) is 2.40. The third-order valence-corrected chi connectivity index (χ3v) is 3.59. The largest absolute Gasteiger partial charge is 0.324 e. The van der Waals surface area contributed by atoms with Crippen molar-refractivity contribution in [2.24, 2.45) is 0 Å². The number of hydrogen-bond donors (Lipinski definition) is 1. The van der Waals surface area contributed by atoms with Gasteiger partial charge >= 0.3 is 0 Å². The molecule has 2 aromatic rings. The number of hydrogen-bond acceptors (Lipinski definition) is 4. The average Bonchev–Trinajstić information content (AvgIpc) is 2.63. The number of fused-ring (bicyclic) bond motifs is 1. The van der Waals surface area contributed by atoms with Crippen molar-refractivity contribution in [3.8, 4) is 0 Å². The van der Waals surface area contributed by atoms with Crippen molar-refractivity contribution >= 4 is 29.0 Å². The lowest BCUT2D eigenvalue weighted by molar-refractivity contribution is 0.0981. The van der Waals surface area contributed by atoms with E-state index in [9.17, 15) is 4.79 Å². The molecule has 0 aliphatic heterocycles. The number of carbonyl (C=O) groups excluding carboxylic acids is 1. The van der Waals surface area contributed by atoms with Crippen LogP contribution in [0.5, 0.6) is 0 Å². The molecule has 1 aromatic heterocycles. The lowest BCUT2D eigenvalue weighted by Crippen LogP contribution is -2.06. The summed E-state index contributed by atoms with van der Waals surface area (Å²) in [5, 5.41) is 3.81. The third kappa shape index (κ3) is 2.80. The average molecular weight is 288 g/mol. The number of ketones is 1. The maximum absolute atomic E-state index is 11.9. The summed E-state index contributed by atoms with van der Waals surface area (Å²) in [4.78, 5) is 20.6. The molecule has 1 aliphatic carbocycles. The minimum atomic E-state index is 0.149. The van der Waals surface area contributed by atoms with Crippen LogP contribution >= 0.6 is 11.6 Å². The maximum Gasteiger partial charge on any atom is 0.227 e. The van der Waals surface area contributed by atoms with E-state index in [0.29, 0.717) is 23.0 Å². The second-order valence-corrected chi connectivity index (χ2v) is 5.25. The highest BCUT2D eigenvalue weighted by molar-refractivity contribution is 6.30. The highest BCUT2D eigenvalue weighted by atomic mass is 35.5. The van der Waals surface area contributed by atoms with Gasteiger partial charge in [-0.05, 0) is 43.5 Å². The molecule has 0 fully saturated rings. The van der Waals surface area contributed by atoms with Gasteiger partial charge in [0.05, 0.1) is 11.3 Å². The first-order valence-electron chi connectivity index (χ1n) is 6.64. The molecule has 0 radical (unpaired) electrons. The van der Waals surface area contributed by atoms with Crippen LogP contribution in [0.4, 0.5) is 11.6 Å². The summed E-state index contributed by atoms with van der Waals surface area (Å²) in [7, 11) is 0. The van der Waals surface area contributed by atoms with Crippen molar-refractivity contribution in [2.75, 3.05) is 5.32 Å². The van der Waals surface area contributed by atoms with E-state index in [-0.39, 0.29) is 5.78 Å². The van der Waals surface area contributed by atoms with E-state index < -0.39 is 0 Å². The van der Waals surface area contributed by atoms with Gasteiger partial charge in [-0.15, -0.1) is 0 Å². The Morgan fingerprint density at radius 1 is 1.10 bits per heavy atom. The highest BCUT2D eigenvalue weighted by Crippen LogP contribution is 2.21. The smallest absolute Gasteiger partial charge is 0.227 e. The number of anilines is 2. The van der Waals surface area contributed by atoms with Gasteiger partial charge in [-0.25, -0.2) is 9.97 Å². The zero-order valence-electron chi connectivity index (χ0n) is 10.9. The van der Waals surface area contributed by atoms with Crippen LogP contribution < -0.4 is 5.32 Å². The Morgan fingerprint density at radius 3 is 2.65 bits per heavy atom. The molecule has 0 unspecified atom stereocenters. The van der Waals surface area contributed by atoms with Crippen molar-refractivity contribution in [2.45, 2.75) is 25.7 Å². The van der Waals surface area contributed by atoms with Crippen LogP contribution in [-0.4, -0.2) is 15.8 Å². The minimum absolute atomic E-state index is 0.149. The van der Waals surface area contributed by atoms with Crippen molar-refractivity contribution in [3.05, 3.63) is 46.7 Å². The van der Waals surface area contributed by atoms with Crippen LogP contribution in [0.15, 0.2) is 30.5 Å². The van der Waals surface area contributed by atoms with Crippen LogP contribution in [0.2, 0.25) is 5.02 Å². The number of carbonyl (C=O) groups is 1. The molecule has 1 heterocycles. The third-order valence-electron chi connectivity index (χ3n) is 3.34. The van der Waals surface area contributed by atoms with Crippen LogP contribution in [-0.2, 0) is 6.42 Å². The Kier molecular flexibility index (Phi) is 3.65. The van der Waals surface area contributed by atoms with E-state index in [1.165, 1.54) is 0 Å². The number of Topliss-reactive ketones (excluding diaryl/α,β-unsaturated/α-hetero) is 1. The van der Waals surface area contributed by atoms with E-state index in [1.54, 1.807) is 18.3 Å².